The summed E-state index contributed by atoms with van der Waals surface area (Å²) in [7, 11) is 1.54. The molecule has 3 nitrogen and oxygen atoms in total. The lowest BCUT2D eigenvalue weighted by Crippen LogP contribution is -2.11. The molecule has 21 heavy (non-hydrogen) atoms. The zero-order valence-corrected chi connectivity index (χ0v) is 12.5. The van der Waals surface area contributed by atoms with Gasteiger partial charge in [0.05, 0.1) is 13.2 Å². The highest BCUT2D eigenvalue weighted by atomic mass is 35.5. The molecule has 0 fully saturated rings. The van der Waals surface area contributed by atoms with Crippen molar-refractivity contribution in [3.63, 3.8) is 0 Å². The Labute approximate surface area is 128 Å². The van der Waals surface area contributed by atoms with Gasteiger partial charge in [-0.15, -0.1) is 0 Å². The minimum atomic E-state index is -0.876. The third-order valence-corrected chi connectivity index (χ3v) is 3.68. The fourth-order valence-electron chi connectivity index (χ4n) is 2.02. The third-order valence-electron chi connectivity index (χ3n) is 3.27. The van der Waals surface area contributed by atoms with Crippen LogP contribution < -0.4 is 4.74 Å². The fourth-order valence-corrected chi connectivity index (χ4v) is 2.20. The SMILES string of the molecule is COc1cccc(C(C#N)C(=O)c2ccc(C)c(Cl)c2)c1. The summed E-state index contributed by atoms with van der Waals surface area (Å²) in [5, 5.41) is 9.87. The Morgan fingerprint density at radius 1 is 1.29 bits per heavy atom. The van der Waals surface area contributed by atoms with Crippen LogP contribution in [-0.2, 0) is 0 Å². The van der Waals surface area contributed by atoms with Crippen LogP contribution in [0.2, 0.25) is 5.02 Å². The van der Waals surface area contributed by atoms with Gasteiger partial charge in [0.2, 0.25) is 0 Å². The van der Waals surface area contributed by atoms with Crippen molar-refractivity contribution >= 4 is 17.4 Å². The number of aryl methyl sites for hydroxylation is 1. The van der Waals surface area contributed by atoms with Crippen molar-refractivity contribution in [1.82, 2.24) is 0 Å². The molecule has 0 saturated carbocycles. The number of nitrogens with zero attached hydrogens (tertiary/aromatic N) is 1. The zero-order chi connectivity index (χ0) is 15.4. The molecule has 2 aromatic carbocycles. The van der Waals surface area contributed by atoms with Gasteiger partial charge in [0, 0.05) is 10.6 Å². The molecule has 0 heterocycles. The number of nitriles is 1. The van der Waals surface area contributed by atoms with Gasteiger partial charge in [-0.3, -0.25) is 4.79 Å². The molecule has 0 aliphatic carbocycles. The first-order valence-electron chi connectivity index (χ1n) is 6.40. The summed E-state index contributed by atoms with van der Waals surface area (Å²) in [6, 6.07) is 14.1. The number of rotatable bonds is 4. The smallest absolute Gasteiger partial charge is 0.184 e. The topological polar surface area (TPSA) is 50.1 Å². The lowest BCUT2D eigenvalue weighted by Gasteiger charge is -2.11. The minimum Gasteiger partial charge on any atom is -0.497 e. The van der Waals surface area contributed by atoms with E-state index in [1.54, 1.807) is 49.6 Å². The monoisotopic (exact) mass is 299 g/mol. The Balaban J connectivity index is 2.38. The predicted octanol–water partition coefficient (Wildman–Crippen LogP) is 4.15. The molecule has 4 heteroatoms. The Morgan fingerprint density at radius 3 is 2.67 bits per heavy atom. The van der Waals surface area contributed by atoms with Crippen LogP contribution in [-0.4, -0.2) is 12.9 Å². The van der Waals surface area contributed by atoms with Gasteiger partial charge in [-0.05, 0) is 36.2 Å². The Bertz CT molecular complexity index is 719. The molecule has 0 aromatic heterocycles. The molecule has 0 saturated heterocycles. The largest absolute Gasteiger partial charge is 0.497 e. The van der Waals surface area contributed by atoms with Crippen molar-refractivity contribution in [2.24, 2.45) is 0 Å². The zero-order valence-electron chi connectivity index (χ0n) is 11.8. The molecular formula is C17H14ClNO2. The maximum absolute atomic E-state index is 12.5. The molecule has 2 rings (SSSR count). The summed E-state index contributed by atoms with van der Waals surface area (Å²) in [5.41, 5.74) is 1.93. The minimum absolute atomic E-state index is 0.271. The molecule has 1 atom stereocenters. The first-order valence-corrected chi connectivity index (χ1v) is 6.78. The number of hydrogen-bond acceptors (Lipinski definition) is 3. The van der Waals surface area contributed by atoms with E-state index in [0.29, 0.717) is 21.9 Å². The highest BCUT2D eigenvalue weighted by Crippen LogP contribution is 2.26. The van der Waals surface area contributed by atoms with Crippen LogP contribution in [0, 0.1) is 18.3 Å². The van der Waals surface area contributed by atoms with Crippen LogP contribution in [0.1, 0.15) is 27.4 Å². The summed E-state index contributed by atoms with van der Waals surface area (Å²) in [4.78, 5) is 12.5. The number of methoxy groups -OCH3 is 1. The van der Waals surface area contributed by atoms with Crippen molar-refractivity contribution in [1.29, 1.82) is 5.26 Å². The maximum atomic E-state index is 12.5. The van der Waals surface area contributed by atoms with E-state index in [9.17, 15) is 10.1 Å². The van der Waals surface area contributed by atoms with E-state index >= 15 is 0 Å². The average molecular weight is 300 g/mol. The highest BCUT2D eigenvalue weighted by molar-refractivity contribution is 6.31. The van der Waals surface area contributed by atoms with E-state index in [0.717, 1.165) is 5.56 Å². The van der Waals surface area contributed by atoms with Gasteiger partial charge in [0.15, 0.2) is 5.78 Å². The van der Waals surface area contributed by atoms with Gasteiger partial charge < -0.3 is 4.74 Å². The molecule has 0 aliphatic heterocycles. The second-order valence-corrected chi connectivity index (χ2v) is 5.07. The van der Waals surface area contributed by atoms with E-state index in [4.69, 9.17) is 16.3 Å². The highest BCUT2D eigenvalue weighted by Gasteiger charge is 2.22. The van der Waals surface area contributed by atoms with E-state index in [1.807, 2.05) is 6.92 Å². The van der Waals surface area contributed by atoms with Gasteiger partial charge in [0.1, 0.15) is 11.7 Å². The molecule has 106 valence electrons. The number of Topliss-reactive ketones (excluding diaryl/α,β-unsaturated/α-hetero) is 1. The Morgan fingerprint density at radius 2 is 2.05 bits per heavy atom. The summed E-state index contributed by atoms with van der Waals surface area (Å²) in [6.07, 6.45) is 0. The van der Waals surface area contributed by atoms with Crippen LogP contribution in [0.25, 0.3) is 0 Å². The van der Waals surface area contributed by atoms with E-state index in [1.165, 1.54) is 0 Å². The Hall–Kier alpha value is -2.31. The van der Waals surface area contributed by atoms with Gasteiger partial charge in [-0.1, -0.05) is 35.9 Å². The average Bonchev–Trinajstić information content (AvgIpc) is 2.51. The number of carbonyl (C=O) groups excluding carboxylic acids is 1. The van der Waals surface area contributed by atoms with Crippen molar-refractivity contribution in [3.05, 3.63) is 64.2 Å². The normalized spacial score (nSPS) is 11.5. The standard InChI is InChI=1S/C17H14ClNO2/c1-11-6-7-13(9-16(11)18)17(20)15(10-19)12-4-3-5-14(8-12)21-2/h3-9,15H,1-2H3. The molecule has 0 bridgehead atoms. The molecule has 2 aromatic rings. The molecule has 0 aliphatic rings. The van der Waals surface area contributed by atoms with Gasteiger partial charge in [-0.2, -0.15) is 5.26 Å². The first kappa shape index (κ1) is 15.1. The second kappa shape index (κ2) is 6.43. The number of benzene rings is 2. The fraction of sp³-hybridized carbons (Fsp3) is 0.176. The van der Waals surface area contributed by atoms with E-state index < -0.39 is 5.92 Å². The first-order chi connectivity index (χ1) is 10.1. The van der Waals surface area contributed by atoms with Crippen LogP contribution in [0.15, 0.2) is 42.5 Å². The second-order valence-electron chi connectivity index (χ2n) is 4.67. The van der Waals surface area contributed by atoms with Crippen LogP contribution in [0.5, 0.6) is 5.75 Å². The molecule has 1 unspecified atom stereocenters. The van der Waals surface area contributed by atoms with Gasteiger partial charge in [-0.25, -0.2) is 0 Å². The van der Waals surface area contributed by atoms with Crippen molar-refractivity contribution in [3.8, 4) is 11.8 Å². The predicted molar refractivity (Wildman–Crippen MR) is 81.9 cm³/mol. The lowest BCUT2D eigenvalue weighted by molar-refractivity contribution is 0.0979. The van der Waals surface area contributed by atoms with Crippen LogP contribution >= 0.6 is 11.6 Å². The molecule has 0 spiro atoms. The van der Waals surface area contributed by atoms with Gasteiger partial charge >= 0.3 is 0 Å². The van der Waals surface area contributed by atoms with E-state index in [2.05, 4.69) is 6.07 Å². The summed E-state index contributed by atoms with van der Waals surface area (Å²) < 4.78 is 5.13. The van der Waals surface area contributed by atoms with Crippen LogP contribution in [0.4, 0.5) is 0 Å². The summed E-state index contributed by atoms with van der Waals surface area (Å²) in [6.45, 7) is 1.86. The number of ether oxygens (including phenoxy) is 1. The van der Waals surface area contributed by atoms with Crippen molar-refractivity contribution in [2.45, 2.75) is 12.8 Å². The van der Waals surface area contributed by atoms with Crippen molar-refractivity contribution < 1.29 is 9.53 Å². The van der Waals surface area contributed by atoms with Crippen molar-refractivity contribution in [2.75, 3.05) is 7.11 Å². The molecular weight excluding hydrogens is 286 g/mol. The summed E-state index contributed by atoms with van der Waals surface area (Å²) in [5.74, 6) is -0.533. The maximum Gasteiger partial charge on any atom is 0.184 e. The number of ketones is 1. The molecule has 0 amide bonds. The summed E-state index contributed by atoms with van der Waals surface area (Å²) >= 11 is 6.04. The van der Waals surface area contributed by atoms with Gasteiger partial charge in [0.25, 0.3) is 0 Å². The molecule has 0 N–H and O–H groups in total. The molecule has 0 radical (unpaired) electrons. The number of halogens is 1. The number of hydrogen-bond donors (Lipinski definition) is 0. The lowest BCUT2D eigenvalue weighted by atomic mass is 9.91. The number of carbonyl (C=O) groups is 1. The van der Waals surface area contributed by atoms with Crippen LogP contribution in [0.3, 0.4) is 0 Å². The van der Waals surface area contributed by atoms with E-state index in [-0.39, 0.29) is 5.78 Å². The third kappa shape index (κ3) is 3.24. The Kier molecular flexibility index (Phi) is 4.62. The quantitative estimate of drug-likeness (QED) is 0.797.